The number of benzene rings is 1. The molecule has 1 aliphatic rings. The van der Waals surface area contributed by atoms with Crippen LogP contribution in [-0.2, 0) is 4.79 Å². The summed E-state index contributed by atoms with van der Waals surface area (Å²) in [4.78, 5) is 27.9. The molecule has 1 heterocycles. The molecule has 1 atom stereocenters. The van der Waals surface area contributed by atoms with Gasteiger partial charge in [-0.15, -0.1) is 0 Å². The van der Waals surface area contributed by atoms with Gasteiger partial charge in [-0.1, -0.05) is 32.0 Å². The van der Waals surface area contributed by atoms with E-state index in [1.165, 1.54) is 6.08 Å². The second kappa shape index (κ2) is 7.51. The van der Waals surface area contributed by atoms with Crippen LogP contribution in [0.5, 0.6) is 0 Å². The predicted octanol–water partition coefficient (Wildman–Crippen LogP) is 3.23. The maximum Gasteiger partial charge on any atom is 0.321 e. The maximum absolute atomic E-state index is 12.4. The third-order valence-corrected chi connectivity index (χ3v) is 4.28. The molecule has 0 unspecified atom stereocenters. The minimum Gasteiger partial charge on any atom is -0.332 e. The molecule has 23 heavy (non-hydrogen) atoms. The molecule has 1 saturated heterocycles. The number of nitrogens with zero attached hydrogens (tertiary/aromatic N) is 2. The Morgan fingerprint density at radius 1 is 1.30 bits per heavy atom. The Morgan fingerprint density at radius 3 is 2.52 bits per heavy atom. The third-order valence-electron chi connectivity index (χ3n) is 4.03. The Balaban J connectivity index is 2.03. The number of rotatable bonds is 3. The molecule has 0 spiro atoms. The van der Waals surface area contributed by atoms with E-state index in [0.29, 0.717) is 30.3 Å². The normalized spacial score (nSPS) is 18.0. The summed E-state index contributed by atoms with van der Waals surface area (Å²) in [6, 6.07) is 6.81. The second-order valence-electron chi connectivity index (χ2n) is 5.93. The Kier molecular flexibility index (Phi) is 5.66. The smallest absolute Gasteiger partial charge is 0.321 e. The van der Waals surface area contributed by atoms with Gasteiger partial charge in [-0.25, -0.2) is 4.79 Å². The summed E-state index contributed by atoms with van der Waals surface area (Å²) in [7, 11) is 0. The van der Waals surface area contributed by atoms with Crippen LogP contribution in [0.4, 0.5) is 10.5 Å². The van der Waals surface area contributed by atoms with E-state index < -0.39 is 0 Å². The lowest BCUT2D eigenvalue weighted by molar-refractivity contribution is -0.131. The first-order chi connectivity index (χ1) is 10.9. The second-order valence-corrected chi connectivity index (χ2v) is 6.37. The number of hydrogen-bond acceptors (Lipinski definition) is 2. The average Bonchev–Trinajstić information content (AvgIpc) is 2.55. The van der Waals surface area contributed by atoms with Crippen molar-refractivity contribution in [3.8, 4) is 0 Å². The van der Waals surface area contributed by atoms with Crippen LogP contribution in [-0.4, -0.2) is 47.4 Å². The molecule has 124 valence electrons. The van der Waals surface area contributed by atoms with Gasteiger partial charge in [-0.3, -0.25) is 4.79 Å². The van der Waals surface area contributed by atoms with Crippen molar-refractivity contribution in [2.75, 3.05) is 25.0 Å². The monoisotopic (exact) mass is 335 g/mol. The summed E-state index contributed by atoms with van der Waals surface area (Å²) >= 11 is 5.84. The number of hydrogen-bond donors (Lipinski definition) is 1. The first-order valence-corrected chi connectivity index (χ1v) is 8.04. The SMILES string of the molecule is C=CC(=O)N1CCN(C(=O)Nc2ccc(Cl)cc2)C[C@@H]1C(C)C. The van der Waals surface area contributed by atoms with Crippen LogP contribution < -0.4 is 5.32 Å². The van der Waals surface area contributed by atoms with Gasteiger partial charge < -0.3 is 15.1 Å². The molecule has 0 radical (unpaired) electrons. The van der Waals surface area contributed by atoms with E-state index in [2.05, 4.69) is 25.7 Å². The van der Waals surface area contributed by atoms with Crippen molar-refractivity contribution in [1.29, 1.82) is 0 Å². The Labute approximate surface area is 141 Å². The summed E-state index contributed by atoms with van der Waals surface area (Å²) in [6.07, 6.45) is 1.33. The third kappa shape index (κ3) is 4.26. The van der Waals surface area contributed by atoms with E-state index >= 15 is 0 Å². The van der Waals surface area contributed by atoms with Crippen LogP contribution in [0.3, 0.4) is 0 Å². The molecular formula is C17H22ClN3O2. The summed E-state index contributed by atoms with van der Waals surface area (Å²) < 4.78 is 0. The lowest BCUT2D eigenvalue weighted by atomic mass is 9.99. The quantitative estimate of drug-likeness (QED) is 0.862. The van der Waals surface area contributed by atoms with Crippen molar-refractivity contribution in [2.45, 2.75) is 19.9 Å². The van der Waals surface area contributed by atoms with Crippen molar-refractivity contribution in [2.24, 2.45) is 5.92 Å². The highest BCUT2D eigenvalue weighted by molar-refractivity contribution is 6.30. The van der Waals surface area contributed by atoms with Gasteiger partial charge in [0.1, 0.15) is 0 Å². The average molecular weight is 336 g/mol. The Morgan fingerprint density at radius 2 is 1.96 bits per heavy atom. The highest BCUT2D eigenvalue weighted by Crippen LogP contribution is 2.19. The molecule has 2 rings (SSSR count). The molecule has 0 aliphatic carbocycles. The van der Waals surface area contributed by atoms with E-state index in [9.17, 15) is 9.59 Å². The van der Waals surface area contributed by atoms with Crippen molar-refractivity contribution in [3.63, 3.8) is 0 Å². The van der Waals surface area contributed by atoms with E-state index in [0.717, 1.165) is 0 Å². The van der Waals surface area contributed by atoms with Crippen LogP contribution in [0.1, 0.15) is 13.8 Å². The molecule has 1 aliphatic heterocycles. The first kappa shape index (κ1) is 17.3. The lowest BCUT2D eigenvalue weighted by Crippen LogP contribution is -2.58. The molecule has 0 saturated carbocycles. The van der Waals surface area contributed by atoms with E-state index in [-0.39, 0.29) is 23.9 Å². The lowest BCUT2D eigenvalue weighted by Gasteiger charge is -2.42. The zero-order valence-corrected chi connectivity index (χ0v) is 14.2. The fraction of sp³-hybridized carbons (Fsp3) is 0.412. The Hall–Kier alpha value is -2.01. The molecule has 6 heteroatoms. The number of carbonyl (C=O) groups is 2. The van der Waals surface area contributed by atoms with Gasteiger partial charge in [0.2, 0.25) is 5.91 Å². The molecule has 1 aromatic rings. The summed E-state index contributed by atoms with van der Waals surface area (Å²) in [5.41, 5.74) is 0.699. The van der Waals surface area contributed by atoms with Gasteiger partial charge in [-0.05, 0) is 36.3 Å². The minimum absolute atomic E-state index is 0.00906. The van der Waals surface area contributed by atoms with Crippen molar-refractivity contribution >= 4 is 29.2 Å². The maximum atomic E-state index is 12.4. The molecule has 3 amide bonds. The number of carbonyl (C=O) groups excluding carboxylic acids is 2. The fourth-order valence-electron chi connectivity index (χ4n) is 2.69. The van der Waals surface area contributed by atoms with Crippen molar-refractivity contribution in [1.82, 2.24) is 9.80 Å². The molecule has 1 aromatic carbocycles. The standard InChI is InChI=1S/C17H22ClN3O2/c1-4-16(22)21-10-9-20(11-15(21)12(2)3)17(23)19-14-7-5-13(18)6-8-14/h4-8,12,15H,1,9-11H2,2-3H3,(H,19,23)/t15-/m1/s1. The Bertz CT molecular complexity index is 586. The summed E-state index contributed by atoms with van der Waals surface area (Å²) in [5.74, 6) is 0.173. The highest BCUT2D eigenvalue weighted by Gasteiger charge is 2.33. The number of piperazine rings is 1. The molecule has 0 aromatic heterocycles. The molecule has 0 bridgehead atoms. The van der Waals surface area contributed by atoms with Crippen LogP contribution in [0, 0.1) is 5.92 Å². The number of urea groups is 1. The van der Waals surface area contributed by atoms with Gasteiger partial charge in [-0.2, -0.15) is 0 Å². The minimum atomic E-state index is -0.163. The zero-order chi connectivity index (χ0) is 17.0. The largest absolute Gasteiger partial charge is 0.332 e. The zero-order valence-electron chi connectivity index (χ0n) is 13.5. The molecule has 1 N–H and O–H groups in total. The number of halogens is 1. The number of anilines is 1. The van der Waals surface area contributed by atoms with Crippen molar-refractivity contribution < 1.29 is 9.59 Å². The van der Waals surface area contributed by atoms with E-state index in [1.54, 1.807) is 34.1 Å². The van der Waals surface area contributed by atoms with Crippen LogP contribution >= 0.6 is 11.6 Å². The number of amides is 3. The van der Waals surface area contributed by atoms with Gasteiger partial charge in [0.15, 0.2) is 0 Å². The fourth-order valence-corrected chi connectivity index (χ4v) is 2.82. The van der Waals surface area contributed by atoms with Crippen LogP contribution in [0.15, 0.2) is 36.9 Å². The van der Waals surface area contributed by atoms with E-state index in [1.807, 2.05) is 0 Å². The molecule has 5 nitrogen and oxygen atoms in total. The predicted molar refractivity (Wildman–Crippen MR) is 92.6 cm³/mol. The molecule has 1 fully saturated rings. The van der Waals surface area contributed by atoms with Gasteiger partial charge in [0, 0.05) is 30.3 Å². The van der Waals surface area contributed by atoms with Crippen molar-refractivity contribution in [3.05, 3.63) is 41.9 Å². The first-order valence-electron chi connectivity index (χ1n) is 7.67. The topological polar surface area (TPSA) is 52.7 Å². The highest BCUT2D eigenvalue weighted by atomic mass is 35.5. The summed E-state index contributed by atoms with van der Waals surface area (Å²) in [5, 5.41) is 3.49. The van der Waals surface area contributed by atoms with Gasteiger partial charge in [0.25, 0.3) is 0 Å². The van der Waals surface area contributed by atoms with Crippen LogP contribution in [0.2, 0.25) is 5.02 Å². The van der Waals surface area contributed by atoms with E-state index in [4.69, 9.17) is 11.6 Å². The molecular weight excluding hydrogens is 314 g/mol. The van der Waals surface area contributed by atoms with Crippen LogP contribution in [0.25, 0.3) is 0 Å². The summed E-state index contributed by atoms with van der Waals surface area (Å²) in [6.45, 7) is 9.18. The van der Waals surface area contributed by atoms with Gasteiger partial charge >= 0.3 is 6.03 Å². The number of nitrogens with one attached hydrogen (secondary N) is 1. The van der Waals surface area contributed by atoms with Gasteiger partial charge in [0.05, 0.1) is 6.04 Å².